The van der Waals surface area contributed by atoms with E-state index in [4.69, 9.17) is 16.3 Å². The van der Waals surface area contributed by atoms with Gasteiger partial charge in [0.05, 0.1) is 12.3 Å². The lowest BCUT2D eigenvalue weighted by molar-refractivity contribution is 0.102. The molecule has 7 heteroatoms. The maximum absolute atomic E-state index is 12.4. The van der Waals surface area contributed by atoms with Gasteiger partial charge in [0, 0.05) is 11.6 Å². The monoisotopic (exact) mass is 382 g/mol. The van der Waals surface area contributed by atoms with E-state index in [9.17, 15) is 4.79 Å². The SMILES string of the molecule is CCOc1ccccc1NC(=O)c1ccc(NCc2ccccc2Cl)nn1. The molecule has 0 aliphatic heterocycles. The topological polar surface area (TPSA) is 76.1 Å². The van der Waals surface area contributed by atoms with Gasteiger partial charge in [-0.3, -0.25) is 4.79 Å². The average molecular weight is 383 g/mol. The molecule has 2 N–H and O–H groups in total. The van der Waals surface area contributed by atoms with Crippen LogP contribution in [0, 0.1) is 0 Å². The van der Waals surface area contributed by atoms with Crippen LogP contribution < -0.4 is 15.4 Å². The Balaban J connectivity index is 1.63. The number of carbonyl (C=O) groups excluding carboxylic acids is 1. The van der Waals surface area contributed by atoms with Gasteiger partial charge in [-0.1, -0.05) is 41.9 Å². The van der Waals surface area contributed by atoms with Crippen molar-refractivity contribution in [3.63, 3.8) is 0 Å². The first-order valence-corrected chi connectivity index (χ1v) is 8.89. The minimum Gasteiger partial charge on any atom is -0.492 e. The molecule has 0 aliphatic carbocycles. The van der Waals surface area contributed by atoms with Gasteiger partial charge in [-0.15, -0.1) is 10.2 Å². The number of carbonyl (C=O) groups is 1. The highest BCUT2D eigenvalue weighted by Gasteiger charge is 2.11. The van der Waals surface area contributed by atoms with Gasteiger partial charge in [0.1, 0.15) is 11.6 Å². The predicted molar refractivity (Wildman–Crippen MR) is 106 cm³/mol. The highest BCUT2D eigenvalue weighted by Crippen LogP contribution is 2.24. The zero-order valence-corrected chi connectivity index (χ0v) is 15.5. The molecule has 138 valence electrons. The first-order chi connectivity index (χ1) is 13.2. The summed E-state index contributed by atoms with van der Waals surface area (Å²) in [6.45, 7) is 2.92. The van der Waals surface area contributed by atoms with Crippen molar-refractivity contribution in [1.82, 2.24) is 10.2 Å². The molecule has 1 heterocycles. The highest BCUT2D eigenvalue weighted by molar-refractivity contribution is 6.31. The number of hydrogen-bond acceptors (Lipinski definition) is 5. The van der Waals surface area contributed by atoms with E-state index in [2.05, 4.69) is 20.8 Å². The molecule has 1 amide bonds. The normalized spacial score (nSPS) is 10.3. The quantitative estimate of drug-likeness (QED) is 0.633. The summed E-state index contributed by atoms with van der Waals surface area (Å²) in [7, 11) is 0. The van der Waals surface area contributed by atoms with Gasteiger partial charge in [-0.25, -0.2) is 0 Å². The minimum atomic E-state index is -0.354. The molecule has 0 aliphatic rings. The number of ether oxygens (including phenoxy) is 1. The lowest BCUT2D eigenvalue weighted by atomic mass is 10.2. The van der Waals surface area contributed by atoms with E-state index in [-0.39, 0.29) is 11.6 Å². The first kappa shape index (κ1) is 18.7. The summed E-state index contributed by atoms with van der Waals surface area (Å²) >= 11 is 6.13. The van der Waals surface area contributed by atoms with E-state index in [0.29, 0.717) is 35.4 Å². The van der Waals surface area contributed by atoms with Gasteiger partial charge in [0.2, 0.25) is 0 Å². The number of benzene rings is 2. The number of halogens is 1. The Morgan fingerprint density at radius 3 is 2.56 bits per heavy atom. The Bertz CT molecular complexity index is 916. The van der Waals surface area contributed by atoms with Crippen LogP contribution in [0.3, 0.4) is 0 Å². The van der Waals surface area contributed by atoms with Crippen LogP contribution >= 0.6 is 11.6 Å². The van der Waals surface area contributed by atoms with E-state index in [0.717, 1.165) is 5.56 Å². The van der Waals surface area contributed by atoms with Crippen LogP contribution in [0.15, 0.2) is 60.7 Å². The molecule has 0 radical (unpaired) electrons. The van der Waals surface area contributed by atoms with Crippen LogP contribution in [0.2, 0.25) is 5.02 Å². The molecular formula is C20H19ClN4O2. The molecule has 0 bridgehead atoms. The van der Waals surface area contributed by atoms with Crippen LogP contribution in [-0.2, 0) is 6.54 Å². The molecular weight excluding hydrogens is 364 g/mol. The smallest absolute Gasteiger partial charge is 0.276 e. The Labute approximate surface area is 162 Å². The van der Waals surface area contributed by atoms with Gasteiger partial charge in [-0.05, 0) is 42.8 Å². The lowest BCUT2D eigenvalue weighted by Gasteiger charge is -2.11. The Hall–Kier alpha value is -3.12. The van der Waals surface area contributed by atoms with Crippen molar-refractivity contribution in [1.29, 1.82) is 0 Å². The molecule has 3 aromatic rings. The number of rotatable bonds is 7. The first-order valence-electron chi connectivity index (χ1n) is 8.51. The Morgan fingerprint density at radius 2 is 1.81 bits per heavy atom. The maximum atomic E-state index is 12.4. The summed E-state index contributed by atoms with van der Waals surface area (Å²) in [6.07, 6.45) is 0. The zero-order valence-electron chi connectivity index (χ0n) is 14.8. The third-order valence-corrected chi connectivity index (χ3v) is 4.12. The molecule has 0 unspecified atom stereocenters. The van der Waals surface area contributed by atoms with E-state index < -0.39 is 0 Å². The molecule has 0 saturated heterocycles. The summed E-state index contributed by atoms with van der Waals surface area (Å²) in [5.41, 5.74) is 1.76. The van der Waals surface area contributed by atoms with Crippen LogP contribution in [-0.4, -0.2) is 22.7 Å². The van der Waals surface area contributed by atoms with Crippen molar-refractivity contribution in [2.75, 3.05) is 17.2 Å². The van der Waals surface area contributed by atoms with E-state index in [1.165, 1.54) is 0 Å². The second kappa shape index (κ2) is 9.00. The molecule has 6 nitrogen and oxygen atoms in total. The van der Waals surface area contributed by atoms with E-state index in [1.807, 2.05) is 43.3 Å². The number of nitrogens with zero attached hydrogens (tertiary/aromatic N) is 2. The Kier molecular flexibility index (Phi) is 6.22. The third kappa shape index (κ3) is 4.95. The third-order valence-electron chi connectivity index (χ3n) is 3.75. The number of aromatic nitrogens is 2. The number of para-hydroxylation sites is 2. The van der Waals surface area contributed by atoms with Crippen LogP contribution in [0.5, 0.6) is 5.75 Å². The maximum Gasteiger partial charge on any atom is 0.276 e. The molecule has 0 atom stereocenters. The average Bonchev–Trinajstić information content (AvgIpc) is 2.69. The van der Waals surface area contributed by atoms with Crippen LogP contribution in [0.4, 0.5) is 11.5 Å². The van der Waals surface area contributed by atoms with Crippen molar-refractivity contribution in [3.8, 4) is 5.75 Å². The van der Waals surface area contributed by atoms with Gasteiger partial charge in [0.25, 0.3) is 5.91 Å². The summed E-state index contributed by atoms with van der Waals surface area (Å²) in [4.78, 5) is 12.4. The second-order valence-corrected chi connectivity index (χ2v) is 6.04. The molecule has 0 spiro atoms. The van der Waals surface area contributed by atoms with Crippen molar-refractivity contribution in [3.05, 3.63) is 76.9 Å². The summed E-state index contributed by atoms with van der Waals surface area (Å²) in [6, 6.07) is 18.1. The molecule has 2 aromatic carbocycles. The molecule has 3 rings (SSSR count). The van der Waals surface area contributed by atoms with Crippen molar-refractivity contribution in [2.45, 2.75) is 13.5 Å². The van der Waals surface area contributed by atoms with Gasteiger partial charge in [-0.2, -0.15) is 0 Å². The second-order valence-electron chi connectivity index (χ2n) is 5.63. The van der Waals surface area contributed by atoms with Crippen molar-refractivity contribution < 1.29 is 9.53 Å². The van der Waals surface area contributed by atoms with E-state index in [1.54, 1.807) is 24.3 Å². The number of amides is 1. The van der Waals surface area contributed by atoms with Crippen LogP contribution in [0.1, 0.15) is 23.0 Å². The summed E-state index contributed by atoms with van der Waals surface area (Å²) in [5.74, 6) is 0.813. The van der Waals surface area contributed by atoms with Gasteiger partial charge in [0.15, 0.2) is 5.69 Å². The molecule has 27 heavy (non-hydrogen) atoms. The number of hydrogen-bond donors (Lipinski definition) is 2. The van der Waals surface area contributed by atoms with E-state index >= 15 is 0 Å². The van der Waals surface area contributed by atoms with Crippen LogP contribution in [0.25, 0.3) is 0 Å². The lowest BCUT2D eigenvalue weighted by Crippen LogP contribution is -2.15. The van der Waals surface area contributed by atoms with Gasteiger partial charge >= 0.3 is 0 Å². The fraction of sp³-hybridized carbons (Fsp3) is 0.150. The summed E-state index contributed by atoms with van der Waals surface area (Å²) in [5, 5.41) is 14.6. The molecule has 0 fully saturated rings. The molecule has 0 saturated carbocycles. The number of nitrogens with one attached hydrogen (secondary N) is 2. The van der Waals surface area contributed by atoms with Gasteiger partial charge < -0.3 is 15.4 Å². The highest BCUT2D eigenvalue weighted by atomic mass is 35.5. The summed E-state index contributed by atoms with van der Waals surface area (Å²) < 4.78 is 5.50. The Morgan fingerprint density at radius 1 is 1.04 bits per heavy atom. The molecule has 1 aromatic heterocycles. The predicted octanol–water partition coefficient (Wildman–Crippen LogP) is 4.39. The fourth-order valence-corrected chi connectivity index (χ4v) is 2.62. The van der Waals surface area contributed by atoms with Crippen molar-refractivity contribution >= 4 is 29.0 Å². The standard InChI is InChI=1S/C20H19ClN4O2/c1-2-27-18-10-6-5-9-16(18)23-20(26)17-11-12-19(25-24-17)22-13-14-7-3-4-8-15(14)21/h3-12H,2,13H2,1H3,(H,22,25)(H,23,26). The van der Waals surface area contributed by atoms with Crippen molar-refractivity contribution in [2.24, 2.45) is 0 Å². The fourth-order valence-electron chi connectivity index (χ4n) is 2.41. The number of anilines is 2. The largest absolute Gasteiger partial charge is 0.492 e. The minimum absolute atomic E-state index is 0.213. The zero-order chi connectivity index (χ0) is 19.1.